The molecule has 0 spiro atoms. The van der Waals surface area contributed by atoms with Crippen LogP contribution in [0, 0.1) is 0 Å². The van der Waals surface area contributed by atoms with Crippen LogP contribution in [-0.2, 0) is 0 Å². The maximum atomic E-state index is 11.7. The fraction of sp³-hybridized carbons (Fsp3) is 0. The van der Waals surface area contributed by atoms with Gasteiger partial charge in [0.15, 0.2) is 0 Å². The molecule has 0 unspecified atom stereocenters. The number of carboxylic acids is 2. The average molecular weight is 402 g/mol. The SMILES string of the molecule is O=C(O)c1cc(Oc2cccnc2)c2cc(C(=O)O)cc(Oc3cccnc3)c2c1. The minimum Gasteiger partial charge on any atom is -0.478 e. The van der Waals surface area contributed by atoms with E-state index in [0.717, 1.165) is 0 Å². The van der Waals surface area contributed by atoms with Crippen molar-refractivity contribution in [3.05, 3.63) is 84.4 Å². The fourth-order valence-electron chi connectivity index (χ4n) is 2.88. The van der Waals surface area contributed by atoms with Crippen molar-refractivity contribution in [2.45, 2.75) is 0 Å². The number of ether oxygens (including phenoxy) is 2. The van der Waals surface area contributed by atoms with Gasteiger partial charge in [0, 0.05) is 23.2 Å². The van der Waals surface area contributed by atoms with Crippen molar-refractivity contribution >= 4 is 22.7 Å². The van der Waals surface area contributed by atoms with E-state index >= 15 is 0 Å². The third kappa shape index (κ3) is 3.88. The molecule has 0 aliphatic heterocycles. The molecule has 0 amide bonds. The van der Waals surface area contributed by atoms with Crippen LogP contribution < -0.4 is 9.47 Å². The zero-order chi connectivity index (χ0) is 21.1. The van der Waals surface area contributed by atoms with Crippen LogP contribution in [0.4, 0.5) is 0 Å². The largest absolute Gasteiger partial charge is 0.478 e. The molecule has 0 aliphatic rings. The van der Waals surface area contributed by atoms with Crippen LogP contribution in [0.1, 0.15) is 20.7 Å². The maximum absolute atomic E-state index is 11.7. The number of hydrogen-bond acceptors (Lipinski definition) is 6. The summed E-state index contributed by atoms with van der Waals surface area (Å²) in [7, 11) is 0. The van der Waals surface area contributed by atoms with Gasteiger partial charge in [-0.1, -0.05) is 0 Å². The van der Waals surface area contributed by atoms with Gasteiger partial charge in [0.1, 0.15) is 23.0 Å². The molecule has 2 aromatic heterocycles. The lowest BCUT2D eigenvalue weighted by molar-refractivity contribution is 0.0685. The smallest absolute Gasteiger partial charge is 0.335 e. The van der Waals surface area contributed by atoms with Crippen molar-refractivity contribution in [2.75, 3.05) is 0 Å². The second-order valence-corrected chi connectivity index (χ2v) is 6.24. The fourth-order valence-corrected chi connectivity index (χ4v) is 2.88. The lowest BCUT2D eigenvalue weighted by Gasteiger charge is -2.15. The third-order valence-electron chi connectivity index (χ3n) is 4.21. The summed E-state index contributed by atoms with van der Waals surface area (Å²) in [6, 6.07) is 12.1. The minimum atomic E-state index is -1.16. The Morgan fingerprint density at radius 1 is 0.700 bits per heavy atom. The zero-order valence-electron chi connectivity index (χ0n) is 15.4. The van der Waals surface area contributed by atoms with Crippen LogP contribution in [0.5, 0.6) is 23.0 Å². The second kappa shape index (κ2) is 7.88. The number of nitrogens with zero attached hydrogens (tertiary/aromatic N) is 2. The van der Waals surface area contributed by atoms with E-state index in [4.69, 9.17) is 9.47 Å². The van der Waals surface area contributed by atoms with E-state index in [9.17, 15) is 19.8 Å². The van der Waals surface area contributed by atoms with E-state index in [-0.39, 0.29) is 22.6 Å². The van der Waals surface area contributed by atoms with Crippen LogP contribution in [0.25, 0.3) is 10.8 Å². The molecule has 0 bridgehead atoms. The van der Waals surface area contributed by atoms with Crippen LogP contribution in [0.2, 0.25) is 0 Å². The predicted molar refractivity (Wildman–Crippen MR) is 106 cm³/mol. The molecule has 2 aromatic carbocycles. The van der Waals surface area contributed by atoms with Gasteiger partial charge in [0.2, 0.25) is 0 Å². The molecule has 30 heavy (non-hydrogen) atoms. The Hall–Kier alpha value is -4.46. The van der Waals surface area contributed by atoms with Gasteiger partial charge < -0.3 is 19.7 Å². The number of fused-ring (bicyclic) bond motifs is 1. The number of carboxylic acid groups (broad SMARTS) is 2. The molecule has 0 saturated heterocycles. The van der Waals surface area contributed by atoms with Crippen LogP contribution in [-0.4, -0.2) is 32.1 Å². The van der Waals surface area contributed by atoms with Gasteiger partial charge in [0.05, 0.1) is 23.5 Å². The Kier molecular flexibility index (Phi) is 4.96. The first-order chi connectivity index (χ1) is 14.5. The summed E-state index contributed by atoms with van der Waals surface area (Å²) in [4.78, 5) is 31.3. The highest BCUT2D eigenvalue weighted by atomic mass is 16.5. The normalized spacial score (nSPS) is 10.5. The molecule has 0 aliphatic carbocycles. The first kappa shape index (κ1) is 18.9. The summed E-state index contributed by atoms with van der Waals surface area (Å²) in [5.41, 5.74) is -0.0824. The third-order valence-corrected chi connectivity index (χ3v) is 4.21. The lowest BCUT2D eigenvalue weighted by Crippen LogP contribution is -2.01. The Morgan fingerprint density at radius 3 is 1.47 bits per heavy atom. The van der Waals surface area contributed by atoms with Gasteiger partial charge >= 0.3 is 11.9 Å². The first-order valence-electron chi connectivity index (χ1n) is 8.75. The molecule has 8 heteroatoms. The van der Waals surface area contributed by atoms with Gasteiger partial charge in [-0.25, -0.2) is 9.59 Å². The van der Waals surface area contributed by atoms with Crippen molar-refractivity contribution < 1.29 is 29.3 Å². The topological polar surface area (TPSA) is 119 Å². The molecular formula is C22H14N2O6. The van der Waals surface area contributed by atoms with Gasteiger partial charge in [-0.05, 0) is 48.5 Å². The van der Waals surface area contributed by atoms with Gasteiger partial charge in [-0.15, -0.1) is 0 Å². The summed E-state index contributed by atoms with van der Waals surface area (Å²) in [5, 5.41) is 19.8. The van der Waals surface area contributed by atoms with Gasteiger partial charge in [-0.2, -0.15) is 0 Å². The summed E-state index contributed by atoms with van der Waals surface area (Å²) in [6.45, 7) is 0. The van der Waals surface area contributed by atoms with Crippen molar-refractivity contribution in [1.82, 2.24) is 9.97 Å². The zero-order valence-corrected chi connectivity index (χ0v) is 15.4. The number of pyridine rings is 2. The summed E-state index contributed by atoms with van der Waals surface area (Å²) < 4.78 is 11.7. The van der Waals surface area contributed by atoms with Gasteiger partial charge in [0.25, 0.3) is 0 Å². The molecule has 2 heterocycles. The Balaban J connectivity index is 1.95. The number of rotatable bonds is 6. The second-order valence-electron chi connectivity index (χ2n) is 6.24. The molecule has 8 nitrogen and oxygen atoms in total. The highest BCUT2D eigenvalue weighted by molar-refractivity contribution is 6.04. The van der Waals surface area contributed by atoms with E-state index < -0.39 is 11.9 Å². The number of aromatic carboxylic acids is 2. The molecule has 0 radical (unpaired) electrons. The van der Waals surface area contributed by atoms with Crippen molar-refractivity contribution in [3.8, 4) is 23.0 Å². The van der Waals surface area contributed by atoms with Crippen molar-refractivity contribution in [1.29, 1.82) is 0 Å². The quantitative estimate of drug-likeness (QED) is 0.480. The van der Waals surface area contributed by atoms with Crippen LogP contribution >= 0.6 is 0 Å². The highest BCUT2D eigenvalue weighted by Crippen LogP contribution is 2.39. The lowest BCUT2D eigenvalue weighted by atomic mass is 10.0. The number of carbonyl (C=O) groups is 2. The number of benzene rings is 2. The van der Waals surface area contributed by atoms with E-state index in [0.29, 0.717) is 22.3 Å². The van der Waals surface area contributed by atoms with Crippen molar-refractivity contribution in [3.63, 3.8) is 0 Å². The number of hydrogen-bond donors (Lipinski definition) is 2. The predicted octanol–water partition coefficient (Wildman–Crippen LogP) is 4.61. The first-order valence-corrected chi connectivity index (χ1v) is 8.75. The average Bonchev–Trinajstić information content (AvgIpc) is 2.75. The molecule has 148 valence electrons. The number of aromatic nitrogens is 2. The minimum absolute atomic E-state index is 0.0412. The molecule has 4 aromatic rings. The highest BCUT2D eigenvalue weighted by Gasteiger charge is 2.18. The van der Waals surface area contributed by atoms with E-state index in [1.807, 2.05) is 0 Å². The summed E-state index contributed by atoms with van der Waals surface area (Å²) >= 11 is 0. The van der Waals surface area contributed by atoms with Crippen LogP contribution in [0.15, 0.2) is 73.3 Å². The Morgan fingerprint density at radius 2 is 1.13 bits per heavy atom. The molecule has 0 saturated carbocycles. The van der Waals surface area contributed by atoms with Gasteiger partial charge in [-0.3, -0.25) is 9.97 Å². The molecule has 4 rings (SSSR count). The molecular weight excluding hydrogens is 388 g/mol. The summed E-state index contributed by atoms with van der Waals surface area (Å²) in [6.07, 6.45) is 6.07. The van der Waals surface area contributed by atoms with Crippen molar-refractivity contribution in [2.24, 2.45) is 0 Å². The Labute approximate surface area is 170 Å². The monoisotopic (exact) mass is 402 g/mol. The molecule has 2 N–H and O–H groups in total. The van der Waals surface area contributed by atoms with Crippen LogP contribution in [0.3, 0.4) is 0 Å². The standard InChI is InChI=1S/C22H14N2O6/c25-21(26)13-8-18-17(19(9-13)29-15-3-1-5-23-11-15)7-14(22(27)28)10-20(18)30-16-4-2-6-24-12-16/h1-12H,(H,25,26)(H,27,28). The summed E-state index contributed by atoms with van der Waals surface area (Å²) in [5.74, 6) is -1.26. The van der Waals surface area contributed by atoms with E-state index in [1.165, 1.54) is 36.7 Å². The maximum Gasteiger partial charge on any atom is 0.335 e. The Bertz CT molecular complexity index is 1140. The van der Waals surface area contributed by atoms with E-state index in [2.05, 4.69) is 9.97 Å². The van der Waals surface area contributed by atoms with E-state index in [1.54, 1.807) is 36.7 Å². The molecule has 0 atom stereocenters. The molecule has 0 fully saturated rings.